The molecule has 0 aliphatic heterocycles. The molecule has 3 heteroatoms. The zero-order valence-corrected chi connectivity index (χ0v) is 9.32. The zero-order chi connectivity index (χ0) is 11.5. The molecule has 0 atom stereocenters. The van der Waals surface area contributed by atoms with E-state index < -0.39 is 0 Å². The molecule has 1 heterocycles. The Labute approximate surface area is 94.3 Å². The lowest BCUT2D eigenvalue weighted by Gasteiger charge is -2.07. The van der Waals surface area contributed by atoms with E-state index in [-0.39, 0.29) is 0 Å². The van der Waals surface area contributed by atoms with Gasteiger partial charge in [-0.05, 0) is 30.7 Å². The lowest BCUT2D eigenvalue weighted by atomic mass is 10.1. The maximum atomic E-state index is 8.64. The van der Waals surface area contributed by atoms with Crippen LogP contribution in [0.4, 0.5) is 0 Å². The number of nitrogens with zero attached hydrogens (tertiary/aromatic N) is 2. The van der Waals surface area contributed by atoms with Gasteiger partial charge in [-0.2, -0.15) is 5.26 Å². The number of fused-ring (bicyclic) bond motifs is 1. The number of aryl methyl sites for hydroxylation is 1. The van der Waals surface area contributed by atoms with Crippen LogP contribution >= 0.6 is 0 Å². The highest BCUT2D eigenvalue weighted by atomic mass is 16.5. The number of hydrogen-bond donors (Lipinski definition) is 0. The Bertz CT molecular complexity index is 570. The molecule has 0 radical (unpaired) electrons. The number of hydrogen-bond acceptors (Lipinski definition) is 3. The first-order chi connectivity index (χ1) is 7.74. The highest BCUT2D eigenvalue weighted by Gasteiger charge is 2.05. The summed E-state index contributed by atoms with van der Waals surface area (Å²) in [4.78, 5) is 4.43. The van der Waals surface area contributed by atoms with Gasteiger partial charge in [0.25, 0.3) is 0 Å². The lowest BCUT2D eigenvalue weighted by molar-refractivity contribution is 0.418. The average molecular weight is 212 g/mol. The SMILES string of the molecule is COc1cc(C)cc2ccc(CC#N)nc12. The summed E-state index contributed by atoms with van der Waals surface area (Å²) in [6, 6.07) is 9.96. The van der Waals surface area contributed by atoms with Gasteiger partial charge in [-0.3, -0.25) is 0 Å². The minimum atomic E-state index is 0.326. The third-order valence-electron chi connectivity index (χ3n) is 2.44. The van der Waals surface area contributed by atoms with Crippen LogP contribution in [0.15, 0.2) is 24.3 Å². The van der Waals surface area contributed by atoms with Gasteiger partial charge in [0.1, 0.15) is 11.3 Å². The Kier molecular flexibility index (Phi) is 2.74. The summed E-state index contributed by atoms with van der Waals surface area (Å²) >= 11 is 0. The van der Waals surface area contributed by atoms with E-state index >= 15 is 0 Å². The predicted octanol–water partition coefficient (Wildman–Crippen LogP) is 2.62. The molecule has 0 saturated carbocycles. The van der Waals surface area contributed by atoms with E-state index in [4.69, 9.17) is 10.00 Å². The summed E-state index contributed by atoms with van der Waals surface area (Å²) in [5, 5.41) is 9.68. The third-order valence-corrected chi connectivity index (χ3v) is 2.44. The van der Waals surface area contributed by atoms with Gasteiger partial charge in [0, 0.05) is 5.39 Å². The maximum Gasteiger partial charge on any atom is 0.145 e. The van der Waals surface area contributed by atoms with E-state index in [0.29, 0.717) is 6.42 Å². The van der Waals surface area contributed by atoms with Crippen LogP contribution in [0.2, 0.25) is 0 Å². The molecule has 2 aromatic rings. The van der Waals surface area contributed by atoms with Gasteiger partial charge in [-0.1, -0.05) is 6.07 Å². The largest absolute Gasteiger partial charge is 0.494 e. The molecule has 0 spiro atoms. The van der Waals surface area contributed by atoms with E-state index in [2.05, 4.69) is 17.1 Å². The van der Waals surface area contributed by atoms with E-state index in [1.54, 1.807) is 7.11 Å². The first-order valence-corrected chi connectivity index (χ1v) is 5.06. The van der Waals surface area contributed by atoms with E-state index in [0.717, 1.165) is 27.9 Å². The standard InChI is InChI=1S/C13H12N2O/c1-9-7-10-3-4-11(5-6-14)15-13(10)12(8-9)16-2/h3-4,7-8H,5H2,1-2H3. The van der Waals surface area contributed by atoms with Gasteiger partial charge in [-0.15, -0.1) is 0 Å². The molecule has 1 aromatic heterocycles. The molecule has 3 nitrogen and oxygen atoms in total. The smallest absolute Gasteiger partial charge is 0.145 e. The number of nitriles is 1. The predicted molar refractivity (Wildman–Crippen MR) is 62.3 cm³/mol. The minimum Gasteiger partial charge on any atom is -0.494 e. The fourth-order valence-corrected chi connectivity index (χ4v) is 1.72. The van der Waals surface area contributed by atoms with Gasteiger partial charge in [0.05, 0.1) is 25.3 Å². The molecule has 0 unspecified atom stereocenters. The highest BCUT2D eigenvalue weighted by molar-refractivity contribution is 5.85. The molecule has 80 valence electrons. The maximum absolute atomic E-state index is 8.64. The topological polar surface area (TPSA) is 45.9 Å². The Balaban J connectivity index is 2.67. The van der Waals surface area contributed by atoms with Crippen LogP contribution in [0.5, 0.6) is 5.75 Å². The molecule has 0 N–H and O–H groups in total. The van der Waals surface area contributed by atoms with Crippen molar-refractivity contribution in [2.24, 2.45) is 0 Å². The fraction of sp³-hybridized carbons (Fsp3) is 0.231. The van der Waals surface area contributed by atoms with Crippen molar-refractivity contribution >= 4 is 10.9 Å². The molecular formula is C13H12N2O. The zero-order valence-electron chi connectivity index (χ0n) is 9.32. The molecule has 0 saturated heterocycles. The summed E-state index contributed by atoms with van der Waals surface area (Å²) in [5.74, 6) is 0.759. The van der Waals surface area contributed by atoms with Crippen LogP contribution in [-0.2, 0) is 6.42 Å². The van der Waals surface area contributed by atoms with Crippen LogP contribution in [0, 0.1) is 18.3 Å². The van der Waals surface area contributed by atoms with Crippen molar-refractivity contribution < 1.29 is 4.74 Å². The van der Waals surface area contributed by atoms with E-state index in [1.165, 1.54) is 0 Å². The second-order valence-corrected chi connectivity index (χ2v) is 3.68. The fourth-order valence-electron chi connectivity index (χ4n) is 1.72. The molecule has 16 heavy (non-hydrogen) atoms. The van der Waals surface area contributed by atoms with Gasteiger partial charge < -0.3 is 4.74 Å². The Hall–Kier alpha value is -2.08. The molecular weight excluding hydrogens is 200 g/mol. The molecule has 0 bridgehead atoms. The number of pyridine rings is 1. The summed E-state index contributed by atoms with van der Waals surface area (Å²) in [6.07, 6.45) is 0.326. The number of benzene rings is 1. The monoisotopic (exact) mass is 212 g/mol. The van der Waals surface area contributed by atoms with Crippen LogP contribution in [0.3, 0.4) is 0 Å². The van der Waals surface area contributed by atoms with E-state index in [9.17, 15) is 0 Å². The highest BCUT2D eigenvalue weighted by Crippen LogP contribution is 2.25. The second kappa shape index (κ2) is 4.19. The molecule has 0 fully saturated rings. The number of aromatic nitrogens is 1. The summed E-state index contributed by atoms with van der Waals surface area (Å²) in [7, 11) is 1.63. The van der Waals surface area contributed by atoms with Crippen LogP contribution < -0.4 is 4.74 Å². The molecule has 0 amide bonds. The number of rotatable bonds is 2. The third kappa shape index (κ3) is 1.82. The van der Waals surface area contributed by atoms with Crippen LogP contribution in [0.1, 0.15) is 11.3 Å². The van der Waals surface area contributed by atoms with Gasteiger partial charge in [0.2, 0.25) is 0 Å². The van der Waals surface area contributed by atoms with Crippen molar-refractivity contribution in [3.63, 3.8) is 0 Å². The summed E-state index contributed by atoms with van der Waals surface area (Å²) in [5.41, 5.74) is 2.73. The van der Waals surface area contributed by atoms with Crippen molar-refractivity contribution in [3.8, 4) is 11.8 Å². The molecule has 0 aliphatic rings. The first kappa shape index (κ1) is 10.4. The van der Waals surface area contributed by atoms with Gasteiger partial charge in [0.15, 0.2) is 0 Å². The molecule has 1 aromatic carbocycles. The van der Waals surface area contributed by atoms with Gasteiger partial charge >= 0.3 is 0 Å². The van der Waals surface area contributed by atoms with E-state index in [1.807, 2.05) is 25.1 Å². The van der Waals surface area contributed by atoms with Crippen LogP contribution in [-0.4, -0.2) is 12.1 Å². The lowest BCUT2D eigenvalue weighted by Crippen LogP contribution is -1.93. The van der Waals surface area contributed by atoms with Crippen molar-refractivity contribution in [1.82, 2.24) is 4.98 Å². The van der Waals surface area contributed by atoms with Crippen LogP contribution in [0.25, 0.3) is 10.9 Å². The van der Waals surface area contributed by atoms with Crippen molar-refractivity contribution in [2.45, 2.75) is 13.3 Å². The second-order valence-electron chi connectivity index (χ2n) is 3.68. The van der Waals surface area contributed by atoms with Crippen molar-refractivity contribution in [3.05, 3.63) is 35.5 Å². The number of ether oxygens (including phenoxy) is 1. The average Bonchev–Trinajstić information content (AvgIpc) is 2.29. The van der Waals surface area contributed by atoms with Gasteiger partial charge in [-0.25, -0.2) is 4.98 Å². The number of methoxy groups -OCH3 is 1. The van der Waals surface area contributed by atoms with Crippen molar-refractivity contribution in [2.75, 3.05) is 7.11 Å². The Morgan fingerprint density at radius 3 is 2.88 bits per heavy atom. The summed E-state index contributed by atoms with van der Waals surface area (Å²) < 4.78 is 5.30. The normalized spacial score (nSPS) is 10.1. The Morgan fingerprint density at radius 1 is 1.38 bits per heavy atom. The first-order valence-electron chi connectivity index (χ1n) is 5.06. The minimum absolute atomic E-state index is 0.326. The summed E-state index contributed by atoms with van der Waals surface area (Å²) in [6.45, 7) is 2.02. The molecule has 0 aliphatic carbocycles. The Morgan fingerprint density at radius 2 is 2.19 bits per heavy atom. The molecule has 2 rings (SSSR count). The van der Waals surface area contributed by atoms with Crippen molar-refractivity contribution in [1.29, 1.82) is 5.26 Å². The quantitative estimate of drug-likeness (QED) is 0.768.